The minimum absolute atomic E-state index is 0.0204. The summed E-state index contributed by atoms with van der Waals surface area (Å²) in [6.07, 6.45) is 0. The minimum atomic E-state index is -0.0204. The predicted molar refractivity (Wildman–Crippen MR) is 268 cm³/mol. The second kappa shape index (κ2) is 14.3. The van der Waals surface area contributed by atoms with E-state index in [0.29, 0.717) is 5.39 Å². The first-order chi connectivity index (χ1) is 31.6. The van der Waals surface area contributed by atoms with Crippen molar-refractivity contribution in [3.05, 3.63) is 241 Å². The Labute approximate surface area is 369 Å². The number of hydrogen-bond acceptors (Lipinski definition) is 1. The van der Waals surface area contributed by atoms with Gasteiger partial charge in [0, 0.05) is 21.5 Å². The quantitative estimate of drug-likeness (QED) is 0.164. The van der Waals surface area contributed by atoms with Crippen molar-refractivity contribution in [2.75, 3.05) is 0 Å². The van der Waals surface area contributed by atoms with Gasteiger partial charge in [0.05, 0.1) is 33.0 Å². The highest BCUT2D eigenvalue weighted by Gasteiger charge is 2.22. The zero-order chi connectivity index (χ0) is 42.3. The summed E-state index contributed by atoms with van der Waals surface area (Å²) in [6.45, 7) is 0. The van der Waals surface area contributed by atoms with Crippen molar-refractivity contribution < 1.29 is 0 Å². The Morgan fingerprint density at radius 1 is 0.219 bits per heavy atom. The molecule has 0 bridgehead atoms. The summed E-state index contributed by atoms with van der Waals surface area (Å²) >= 11 is 0. The van der Waals surface area contributed by atoms with Crippen LogP contribution in [0.25, 0.3) is 121 Å². The lowest BCUT2D eigenvalue weighted by atomic mass is 9.92. The molecule has 3 heterocycles. The van der Waals surface area contributed by atoms with E-state index in [1.807, 2.05) is 22.6 Å². The molecule has 3 aromatic heterocycles. The largest absolute Gasteiger partial charge is 0.306 e. The van der Waals surface area contributed by atoms with Gasteiger partial charge in [0.1, 0.15) is 0 Å². The lowest BCUT2D eigenvalue weighted by Crippen LogP contribution is -2.09. The summed E-state index contributed by atoms with van der Waals surface area (Å²) in [5.41, 5.74) is 18.7. The molecule has 64 heavy (non-hydrogen) atoms. The number of para-hydroxylation sites is 1. The van der Waals surface area contributed by atoms with Crippen molar-refractivity contribution in [2.24, 2.45) is 0 Å². The van der Waals surface area contributed by atoms with Crippen LogP contribution in [-0.4, -0.2) is 8.80 Å². The van der Waals surface area contributed by atoms with Gasteiger partial charge in [-0.05, 0) is 140 Å². The zero-order valence-corrected chi connectivity index (χ0v) is 34.7. The molecule has 13 aromatic rings. The Morgan fingerprint density at radius 2 is 0.547 bits per heavy atom. The van der Waals surface area contributed by atoms with E-state index >= 15 is 4.79 Å². The Morgan fingerprint density at radius 3 is 0.969 bits per heavy atom. The molecule has 13 rings (SSSR count). The normalized spacial score (nSPS) is 11.8. The molecule has 298 valence electrons. The molecule has 3 heteroatoms. The van der Waals surface area contributed by atoms with Crippen molar-refractivity contribution in [1.29, 1.82) is 0 Å². The van der Waals surface area contributed by atoms with Gasteiger partial charge in [-0.1, -0.05) is 158 Å². The Bertz CT molecular complexity index is 3880. The first-order valence-electron chi connectivity index (χ1n) is 21.9. The zero-order valence-electron chi connectivity index (χ0n) is 34.7. The maximum atomic E-state index is 15.0. The first-order valence-corrected chi connectivity index (χ1v) is 21.9. The molecule has 0 spiro atoms. The molecular formula is C61H38N2O. The van der Waals surface area contributed by atoms with Crippen molar-refractivity contribution in [2.45, 2.75) is 0 Å². The van der Waals surface area contributed by atoms with Crippen LogP contribution in [0.3, 0.4) is 0 Å². The summed E-state index contributed by atoms with van der Waals surface area (Å²) in [6, 6.07) is 82.2. The van der Waals surface area contributed by atoms with Gasteiger partial charge in [-0.2, -0.15) is 0 Å². The van der Waals surface area contributed by atoms with Gasteiger partial charge in [0.15, 0.2) is 0 Å². The lowest BCUT2D eigenvalue weighted by Gasteiger charge is -2.12. The van der Waals surface area contributed by atoms with Crippen LogP contribution in [0, 0.1) is 0 Å². The molecule has 0 saturated carbocycles. The maximum Gasteiger partial charge on any atom is 0.265 e. The number of rotatable bonds is 6. The average molecular weight is 815 g/mol. The van der Waals surface area contributed by atoms with Crippen LogP contribution in [0.1, 0.15) is 0 Å². The van der Waals surface area contributed by atoms with Gasteiger partial charge in [0.2, 0.25) is 0 Å². The fourth-order valence-electron chi connectivity index (χ4n) is 10.2. The predicted octanol–water partition coefficient (Wildman–Crippen LogP) is 15.6. The van der Waals surface area contributed by atoms with Crippen LogP contribution < -0.4 is 5.56 Å². The van der Waals surface area contributed by atoms with E-state index in [0.717, 1.165) is 82.5 Å². The fourth-order valence-corrected chi connectivity index (χ4v) is 10.2. The molecule has 0 aliphatic heterocycles. The average Bonchev–Trinajstić information content (AvgIpc) is 3.85. The smallest absolute Gasteiger partial charge is 0.265 e. The molecule has 0 aliphatic rings. The van der Waals surface area contributed by atoms with Gasteiger partial charge in [0.25, 0.3) is 5.56 Å². The second-order valence-corrected chi connectivity index (χ2v) is 16.9. The molecule has 3 nitrogen and oxygen atoms in total. The van der Waals surface area contributed by atoms with Crippen molar-refractivity contribution in [3.63, 3.8) is 0 Å². The first kappa shape index (κ1) is 36.2. The number of aromatic nitrogens is 2. The second-order valence-electron chi connectivity index (χ2n) is 16.9. The Balaban J connectivity index is 1.06. The highest BCUT2D eigenvalue weighted by atomic mass is 16.1. The highest BCUT2D eigenvalue weighted by Crippen LogP contribution is 2.43. The molecule has 0 unspecified atom stereocenters. The van der Waals surface area contributed by atoms with Crippen molar-refractivity contribution >= 4 is 54.5 Å². The number of hydrogen-bond donors (Lipinski definition) is 0. The van der Waals surface area contributed by atoms with E-state index < -0.39 is 0 Å². The summed E-state index contributed by atoms with van der Waals surface area (Å²) in [7, 11) is 0. The van der Waals surface area contributed by atoms with E-state index in [9.17, 15) is 0 Å². The van der Waals surface area contributed by atoms with Crippen molar-refractivity contribution in [1.82, 2.24) is 8.80 Å². The molecule has 0 fully saturated rings. The molecule has 0 atom stereocenters. The molecule has 10 aromatic carbocycles. The monoisotopic (exact) mass is 814 g/mol. The van der Waals surface area contributed by atoms with Gasteiger partial charge < -0.3 is 4.40 Å². The number of nitrogens with zero attached hydrogens (tertiary/aromatic N) is 2. The SMILES string of the molecule is O=c1c2ccccc2n2c3ccc(-c4cc(-c5ccccc5)cc(-c5ccccc5)c4)cc3c3ccc4c5cc(-c6cc(-c7ccccc7)cc(-c7ccccc7)c6)ccc5n1c4c32. The summed E-state index contributed by atoms with van der Waals surface area (Å²) in [4.78, 5) is 15.0. The van der Waals surface area contributed by atoms with Gasteiger partial charge in [-0.15, -0.1) is 0 Å². The molecule has 0 aliphatic carbocycles. The topological polar surface area (TPSA) is 25.9 Å². The third-order valence-electron chi connectivity index (χ3n) is 13.2. The van der Waals surface area contributed by atoms with Crippen LogP contribution in [0.5, 0.6) is 0 Å². The van der Waals surface area contributed by atoms with Crippen LogP contribution >= 0.6 is 0 Å². The van der Waals surface area contributed by atoms with Crippen LogP contribution in [0.15, 0.2) is 235 Å². The fraction of sp³-hybridized carbons (Fsp3) is 0. The molecule has 0 saturated heterocycles. The number of benzene rings is 10. The molecule has 0 N–H and O–H groups in total. The van der Waals surface area contributed by atoms with E-state index in [1.165, 1.54) is 33.4 Å². The standard InChI is InChI=1S/C61H38N2O/c64-61-53-23-13-14-24-56(53)62-57-29-25-43(49-33-45(39-15-5-1-6-16-39)31-46(34-49)40-17-7-2-8-18-40)37-54(57)51-27-28-52-55-38-44(26-30-58(55)63(61)60(52)59(51)62)50-35-47(41-19-9-3-10-20-41)32-48(36-50)42-21-11-4-12-22-42/h1-38H. The van der Waals surface area contributed by atoms with Crippen molar-refractivity contribution in [3.8, 4) is 66.8 Å². The van der Waals surface area contributed by atoms with Crippen LogP contribution in [0.2, 0.25) is 0 Å². The van der Waals surface area contributed by atoms with E-state index in [4.69, 9.17) is 0 Å². The van der Waals surface area contributed by atoms with Crippen LogP contribution in [0.4, 0.5) is 0 Å². The Hall–Kier alpha value is -8.53. The van der Waals surface area contributed by atoms with Crippen LogP contribution in [-0.2, 0) is 0 Å². The summed E-state index contributed by atoms with van der Waals surface area (Å²) < 4.78 is 4.31. The number of fused-ring (bicyclic) bond motifs is 8. The molecule has 0 amide bonds. The lowest BCUT2D eigenvalue weighted by molar-refractivity contribution is 1.22. The van der Waals surface area contributed by atoms with Gasteiger partial charge in [-0.25, -0.2) is 0 Å². The third kappa shape index (κ3) is 5.65. The molecule has 0 radical (unpaired) electrons. The molecular weight excluding hydrogens is 777 g/mol. The van der Waals surface area contributed by atoms with E-state index in [1.54, 1.807) is 0 Å². The third-order valence-corrected chi connectivity index (χ3v) is 13.2. The maximum absolute atomic E-state index is 15.0. The Kier molecular flexibility index (Phi) is 8.06. The minimum Gasteiger partial charge on any atom is -0.306 e. The summed E-state index contributed by atoms with van der Waals surface area (Å²) in [5.74, 6) is 0. The van der Waals surface area contributed by atoms with Gasteiger partial charge in [-0.3, -0.25) is 9.20 Å². The van der Waals surface area contributed by atoms with E-state index in [-0.39, 0.29) is 5.56 Å². The van der Waals surface area contributed by atoms with E-state index in [2.05, 4.69) is 217 Å². The summed E-state index contributed by atoms with van der Waals surface area (Å²) in [5, 5.41) is 5.05. The highest BCUT2D eigenvalue weighted by molar-refractivity contribution is 6.24. The van der Waals surface area contributed by atoms with Gasteiger partial charge >= 0.3 is 0 Å².